The number of nitrogens with zero attached hydrogens (tertiary/aromatic N) is 2. The Morgan fingerprint density at radius 3 is 2.69 bits per heavy atom. The maximum atomic E-state index is 14.1. The third-order valence-electron chi connectivity index (χ3n) is 8.81. The zero-order valence-corrected chi connectivity index (χ0v) is 28.1. The van der Waals surface area contributed by atoms with Gasteiger partial charge >= 0.3 is 0 Å². The van der Waals surface area contributed by atoms with Crippen molar-refractivity contribution in [1.82, 2.24) is 20.7 Å². The van der Waals surface area contributed by atoms with Gasteiger partial charge < -0.3 is 25.1 Å². The second-order valence-corrected chi connectivity index (χ2v) is 13.4. The normalized spacial score (nSPS) is 21.4. The van der Waals surface area contributed by atoms with Gasteiger partial charge in [0.1, 0.15) is 23.5 Å². The number of hydrogen-bond donors (Lipinski definition) is 3. The average molecular weight is 692 g/mol. The molecule has 0 spiro atoms. The van der Waals surface area contributed by atoms with Crippen LogP contribution in [-0.2, 0) is 14.4 Å². The molecule has 0 bridgehead atoms. The molecule has 6 rings (SSSR count). The Hall–Kier alpha value is -4.97. The van der Waals surface area contributed by atoms with Crippen LogP contribution in [0.4, 0.5) is 10.1 Å². The fourth-order valence-corrected chi connectivity index (χ4v) is 6.95. The number of nitrogens with one attached hydrogen (secondary N) is 3. The van der Waals surface area contributed by atoms with E-state index in [0.717, 1.165) is 35.9 Å². The first kappa shape index (κ1) is 33.9. The molecule has 10 nitrogen and oxygen atoms in total. The maximum absolute atomic E-state index is 14.1. The van der Waals surface area contributed by atoms with Gasteiger partial charge in [0.05, 0.1) is 23.3 Å². The van der Waals surface area contributed by atoms with Crippen molar-refractivity contribution in [3.05, 3.63) is 96.8 Å². The fourth-order valence-electron chi connectivity index (χ4n) is 6.07. The molecule has 1 aromatic heterocycles. The molecule has 1 saturated carbocycles. The summed E-state index contributed by atoms with van der Waals surface area (Å²) in [4.78, 5) is 53.0. The van der Waals surface area contributed by atoms with E-state index in [-0.39, 0.29) is 35.6 Å². The number of ether oxygens (including phenoxy) is 1. The van der Waals surface area contributed by atoms with Gasteiger partial charge in [0.2, 0.25) is 11.8 Å². The van der Waals surface area contributed by atoms with Crippen LogP contribution in [0.25, 0.3) is 10.2 Å². The molecule has 3 N–H and O–H groups in total. The first-order chi connectivity index (χ1) is 23.8. The number of carbonyl (C=O) groups excluding carboxylic acids is 3. The van der Waals surface area contributed by atoms with Gasteiger partial charge in [0.25, 0.3) is 11.1 Å². The minimum atomic E-state index is -1.24. The zero-order valence-electron chi connectivity index (χ0n) is 27.3. The summed E-state index contributed by atoms with van der Waals surface area (Å²) >= 11 is 1.39. The van der Waals surface area contributed by atoms with Crippen LogP contribution in [0.3, 0.4) is 0 Å². The van der Waals surface area contributed by atoms with Crippen LogP contribution < -0.4 is 25.7 Å². The van der Waals surface area contributed by atoms with Crippen molar-refractivity contribution in [3.8, 4) is 10.9 Å². The average Bonchev–Trinajstić information content (AvgIpc) is 3.41. The number of rotatable bonds is 15. The quantitative estimate of drug-likeness (QED) is 0.0716. The number of carbonyl (C=O) groups is 3. The number of para-hydroxylation sites is 2. The number of thiazole rings is 1. The largest absolute Gasteiger partial charge is 0.465 e. The summed E-state index contributed by atoms with van der Waals surface area (Å²) in [5.74, 6) is -1.53. The van der Waals surface area contributed by atoms with Gasteiger partial charge in [-0.3, -0.25) is 14.4 Å². The topological polar surface area (TPSA) is 122 Å². The lowest BCUT2D eigenvalue weighted by Gasteiger charge is -2.26. The van der Waals surface area contributed by atoms with E-state index in [1.54, 1.807) is 36.4 Å². The Balaban J connectivity index is 0.00000243. The van der Waals surface area contributed by atoms with Crippen molar-refractivity contribution < 1.29 is 32.6 Å². The summed E-state index contributed by atoms with van der Waals surface area (Å²) in [6.07, 6.45) is 8.25. The molecular weight excluding hydrogens is 646 g/mol. The summed E-state index contributed by atoms with van der Waals surface area (Å²) in [6.45, 7) is 2.11. The van der Waals surface area contributed by atoms with Gasteiger partial charge in [-0.2, -0.15) is 5.48 Å². The van der Waals surface area contributed by atoms with Crippen LogP contribution in [0, 0.1) is 11.7 Å². The van der Waals surface area contributed by atoms with Gasteiger partial charge in [-0.25, -0.2) is 9.37 Å². The Morgan fingerprint density at radius 2 is 1.90 bits per heavy atom. The number of fused-ring (bicyclic) bond motifs is 1. The second-order valence-electron chi connectivity index (χ2n) is 12.4. The van der Waals surface area contributed by atoms with Crippen LogP contribution in [0.1, 0.15) is 49.7 Å². The Kier molecular flexibility index (Phi) is 10.7. The third kappa shape index (κ3) is 8.37. The molecule has 2 fully saturated rings. The lowest BCUT2D eigenvalue weighted by atomic mass is 10.1. The molecule has 4 aromatic rings. The minimum Gasteiger partial charge on any atom is -0.465 e. The highest BCUT2D eigenvalue weighted by Crippen LogP contribution is 2.45. The molecule has 3 aromatic carbocycles. The standard InChI is InChI=1S/C37H40FN5O5S.3H2/c1-2-3-4-5-7-13-25-22-37(25,35(46)42-48-28-16-8-6-9-17-28)41-34(45)31-21-29(47-36-40-30-18-10-11-19-32(30)49-36)24-43(31)33(44)23-39-27-15-12-14-26(38)20-27;;;/h6-20,25,29,31,39H,2-5,21-24H2,1H3,(H,41,45)(H,42,46);3*1H/b13-7-;;;/t25-,29?,31+,37-;;;/m1.../s1. The molecule has 2 heterocycles. The van der Waals surface area contributed by atoms with Gasteiger partial charge in [-0.1, -0.05) is 79.7 Å². The number of hydroxylamine groups is 1. The van der Waals surface area contributed by atoms with E-state index in [1.165, 1.54) is 28.4 Å². The number of halogens is 1. The van der Waals surface area contributed by atoms with E-state index in [2.05, 4.69) is 34.1 Å². The Bertz CT molecular complexity index is 1790. The first-order valence-electron chi connectivity index (χ1n) is 16.7. The van der Waals surface area contributed by atoms with Crippen LogP contribution in [0.2, 0.25) is 0 Å². The zero-order chi connectivity index (χ0) is 34.2. The molecule has 3 amide bonds. The predicted octanol–water partition coefficient (Wildman–Crippen LogP) is 6.76. The number of amides is 3. The van der Waals surface area contributed by atoms with Crippen LogP contribution in [0.5, 0.6) is 10.9 Å². The van der Waals surface area contributed by atoms with Crippen molar-refractivity contribution in [2.24, 2.45) is 5.92 Å². The molecule has 1 unspecified atom stereocenters. The number of likely N-dealkylation sites (tertiary alicyclic amines) is 1. The SMILES string of the molecule is CCCCC/C=C\[C@@H]1C[C@]1(NC(=O)[C@@H]1CC(Oc2nc3ccccc3s2)CN1C(=O)CNc1cccc(F)c1)C(=O)NOc1ccccc1.[HH].[HH].[HH]. The maximum Gasteiger partial charge on any atom is 0.278 e. The summed E-state index contributed by atoms with van der Waals surface area (Å²) in [6, 6.07) is 21.4. The van der Waals surface area contributed by atoms with E-state index in [4.69, 9.17) is 9.57 Å². The first-order valence-corrected chi connectivity index (χ1v) is 17.5. The van der Waals surface area contributed by atoms with Crippen molar-refractivity contribution >= 4 is 45.0 Å². The summed E-state index contributed by atoms with van der Waals surface area (Å²) in [5.41, 5.74) is 2.53. The lowest BCUT2D eigenvalue weighted by Crippen LogP contribution is -2.56. The van der Waals surface area contributed by atoms with Gasteiger partial charge in [0, 0.05) is 22.3 Å². The third-order valence-corrected chi connectivity index (χ3v) is 9.74. The molecule has 262 valence electrons. The number of aromatic nitrogens is 1. The lowest BCUT2D eigenvalue weighted by molar-refractivity contribution is -0.140. The smallest absolute Gasteiger partial charge is 0.278 e. The Morgan fingerprint density at radius 1 is 1.08 bits per heavy atom. The van der Waals surface area contributed by atoms with Gasteiger partial charge in [-0.05, 0) is 61.7 Å². The molecule has 1 aliphatic heterocycles. The highest BCUT2D eigenvalue weighted by molar-refractivity contribution is 7.20. The monoisotopic (exact) mass is 691 g/mol. The predicted molar refractivity (Wildman–Crippen MR) is 193 cm³/mol. The molecule has 49 heavy (non-hydrogen) atoms. The van der Waals surface area contributed by atoms with Crippen LogP contribution >= 0.6 is 11.3 Å². The summed E-state index contributed by atoms with van der Waals surface area (Å²) in [5, 5.41) is 6.41. The van der Waals surface area contributed by atoms with E-state index in [1.807, 2.05) is 36.4 Å². The van der Waals surface area contributed by atoms with Crippen molar-refractivity contribution in [3.63, 3.8) is 0 Å². The molecule has 2 aliphatic rings. The summed E-state index contributed by atoms with van der Waals surface area (Å²) in [7, 11) is 0. The molecular formula is C37H46FN5O5S. The van der Waals surface area contributed by atoms with Crippen LogP contribution in [-0.4, -0.2) is 58.4 Å². The molecule has 12 heteroatoms. The number of benzene rings is 3. The van der Waals surface area contributed by atoms with E-state index in [0.29, 0.717) is 23.1 Å². The van der Waals surface area contributed by atoms with E-state index < -0.39 is 35.3 Å². The highest BCUT2D eigenvalue weighted by Gasteiger charge is 2.61. The number of allylic oxidation sites excluding steroid dienone is 1. The molecule has 4 atom stereocenters. The number of hydrogen-bond acceptors (Lipinski definition) is 8. The van der Waals surface area contributed by atoms with Crippen molar-refractivity contribution in [2.45, 2.75) is 63.1 Å². The molecule has 1 saturated heterocycles. The van der Waals surface area contributed by atoms with Gasteiger partial charge in [0.15, 0.2) is 5.75 Å². The number of anilines is 1. The van der Waals surface area contributed by atoms with Crippen LogP contribution in [0.15, 0.2) is 91.0 Å². The second kappa shape index (κ2) is 15.5. The van der Waals surface area contributed by atoms with Gasteiger partial charge in [-0.15, -0.1) is 0 Å². The highest BCUT2D eigenvalue weighted by atomic mass is 32.1. The van der Waals surface area contributed by atoms with Crippen molar-refractivity contribution in [2.75, 3.05) is 18.4 Å². The summed E-state index contributed by atoms with van der Waals surface area (Å²) < 4.78 is 21.0. The van der Waals surface area contributed by atoms with Crippen molar-refractivity contribution in [1.29, 1.82) is 0 Å². The molecule has 1 aliphatic carbocycles. The number of unbranched alkanes of at least 4 members (excludes halogenated alkanes) is 3. The fraction of sp³-hybridized carbons (Fsp3) is 0.351. The van der Waals surface area contributed by atoms with E-state index in [9.17, 15) is 18.8 Å². The Labute approximate surface area is 293 Å². The minimum absolute atomic E-state index is 0. The molecule has 0 radical (unpaired) electrons. The van der Waals surface area contributed by atoms with E-state index >= 15 is 0 Å².